The third-order valence-electron chi connectivity index (χ3n) is 3.81. The van der Waals surface area contributed by atoms with Gasteiger partial charge in [0, 0.05) is 0 Å². The molecule has 0 spiro atoms. The van der Waals surface area contributed by atoms with E-state index in [-0.39, 0.29) is 29.0 Å². The van der Waals surface area contributed by atoms with Gasteiger partial charge in [0.2, 0.25) is 5.82 Å². The zero-order valence-electron chi connectivity index (χ0n) is 14.4. The molecule has 10 heteroatoms. The predicted molar refractivity (Wildman–Crippen MR) is 100.0 cm³/mol. The van der Waals surface area contributed by atoms with Gasteiger partial charge in [-0.25, -0.2) is 13.9 Å². The molecule has 0 aliphatic carbocycles. The highest BCUT2D eigenvalue weighted by Gasteiger charge is 2.23. The van der Waals surface area contributed by atoms with Gasteiger partial charge >= 0.3 is 5.97 Å². The summed E-state index contributed by atoms with van der Waals surface area (Å²) in [7, 11) is 0. The Balaban J connectivity index is 1.50. The number of nitrogens with zero attached hydrogens (tertiary/aromatic N) is 4. The molecule has 0 radical (unpaired) electrons. The van der Waals surface area contributed by atoms with Crippen molar-refractivity contribution in [2.75, 3.05) is 0 Å². The third kappa shape index (κ3) is 3.54. The zero-order chi connectivity index (χ0) is 19.7. The van der Waals surface area contributed by atoms with Crippen LogP contribution in [-0.4, -0.2) is 25.9 Å². The van der Waals surface area contributed by atoms with Gasteiger partial charge in [-0.05, 0) is 42.6 Å². The van der Waals surface area contributed by atoms with Crippen LogP contribution in [0.1, 0.15) is 21.9 Å². The van der Waals surface area contributed by atoms with E-state index in [0.29, 0.717) is 17.3 Å². The number of thiophene rings is 1. The second-order valence-corrected chi connectivity index (χ2v) is 7.01. The molecule has 0 N–H and O–H groups in total. The first kappa shape index (κ1) is 18.3. The van der Waals surface area contributed by atoms with Gasteiger partial charge in [0.1, 0.15) is 16.5 Å². The Morgan fingerprint density at radius 2 is 2.11 bits per heavy atom. The van der Waals surface area contributed by atoms with Crippen LogP contribution >= 0.6 is 22.9 Å². The van der Waals surface area contributed by atoms with Gasteiger partial charge < -0.3 is 9.26 Å². The maximum absolute atomic E-state index is 13.1. The molecule has 0 amide bonds. The summed E-state index contributed by atoms with van der Waals surface area (Å²) in [6, 6.07) is 9.29. The molecule has 0 aliphatic rings. The Morgan fingerprint density at radius 1 is 1.32 bits per heavy atom. The van der Waals surface area contributed by atoms with Crippen LogP contribution in [0.25, 0.3) is 16.5 Å². The van der Waals surface area contributed by atoms with E-state index in [1.807, 2.05) is 17.5 Å². The Bertz CT molecular complexity index is 1120. The fourth-order valence-corrected chi connectivity index (χ4v) is 3.49. The maximum Gasteiger partial charge on any atom is 0.343 e. The molecule has 1 aromatic carbocycles. The fraction of sp³-hybridized carbons (Fsp3) is 0.111. The largest absolute Gasteiger partial charge is 0.454 e. The Labute approximate surface area is 167 Å². The Kier molecular flexibility index (Phi) is 4.93. The summed E-state index contributed by atoms with van der Waals surface area (Å²) in [6.07, 6.45) is 0. The van der Waals surface area contributed by atoms with Crippen molar-refractivity contribution in [1.29, 1.82) is 0 Å². The second kappa shape index (κ2) is 7.53. The number of aromatic nitrogens is 4. The van der Waals surface area contributed by atoms with Crippen LogP contribution in [0.2, 0.25) is 5.15 Å². The molecule has 4 rings (SSSR count). The van der Waals surface area contributed by atoms with Gasteiger partial charge in [0.15, 0.2) is 6.61 Å². The zero-order valence-corrected chi connectivity index (χ0v) is 16.0. The van der Waals surface area contributed by atoms with E-state index in [2.05, 4.69) is 15.2 Å². The van der Waals surface area contributed by atoms with Crippen molar-refractivity contribution in [3.8, 4) is 16.5 Å². The minimum absolute atomic E-state index is 0.0708. The molecule has 0 bridgehead atoms. The Hall–Kier alpha value is -3.04. The average molecular weight is 419 g/mol. The van der Waals surface area contributed by atoms with Gasteiger partial charge in [-0.2, -0.15) is 10.1 Å². The minimum atomic E-state index is -0.668. The van der Waals surface area contributed by atoms with Crippen molar-refractivity contribution in [1.82, 2.24) is 19.9 Å². The summed E-state index contributed by atoms with van der Waals surface area (Å²) in [5, 5.41) is 10.00. The molecule has 142 valence electrons. The second-order valence-electron chi connectivity index (χ2n) is 5.71. The molecular formula is C18H12ClFN4O3S. The third-order valence-corrected chi connectivity index (χ3v) is 5.02. The van der Waals surface area contributed by atoms with Crippen molar-refractivity contribution < 1.29 is 18.4 Å². The number of aryl methyl sites for hydroxylation is 1. The topological polar surface area (TPSA) is 83.0 Å². The number of carbonyl (C=O) groups excluding carboxylic acids is 1. The number of hydrogen-bond acceptors (Lipinski definition) is 7. The summed E-state index contributed by atoms with van der Waals surface area (Å²) in [6.45, 7) is 1.46. The molecule has 0 unspecified atom stereocenters. The summed E-state index contributed by atoms with van der Waals surface area (Å²) in [5.41, 5.74) is 1.02. The number of rotatable bonds is 5. The van der Waals surface area contributed by atoms with E-state index in [1.54, 1.807) is 6.92 Å². The lowest BCUT2D eigenvalue weighted by atomic mass is 10.2. The monoisotopic (exact) mass is 418 g/mol. The van der Waals surface area contributed by atoms with E-state index in [9.17, 15) is 9.18 Å². The van der Waals surface area contributed by atoms with Crippen LogP contribution in [0, 0.1) is 12.7 Å². The van der Waals surface area contributed by atoms with Gasteiger partial charge in [-0.3, -0.25) is 0 Å². The lowest BCUT2D eigenvalue weighted by Crippen LogP contribution is -2.07. The number of ether oxygens (including phenoxy) is 1. The van der Waals surface area contributed by atoms with Crippen LogP contribution in [0.15, 0.2) is 46.3 Å². The highest BCUT2D eigenvalue weighted by Crippen LogP contribution is 2.25. The van der Waals surface area contributed by atoms with Crippen LogP contribution in [-0.2, 0) is 11.3 Å². The smallest absolute Gasteiger partial charge is 0.343 e. The van der Waals surface area contributed by atoms with Crippen molar-refractivity contribution >= 4 is 28.9 Å². The number of carbonyl (C=O) groups is 1. The summed E-state index contributed by atoms with van der Waals surface area (Å²) in [5.74, 6) is -0.459. The molecule has 0 atom stereocenters. The first-order chi connectivity index (χ1) is 13.5. The summed E-state index contributed by atoms with van der Waals surface area (Å²) >= 11 is 7.77. The van der Waals surface area contributed by atoms with Crippen LogP contribution in [0.4, 0.5) is 4.39 Å². The molecule has 7 nitrogen and oxygen atoms in total. The van der Waals surface area contributed by atoms with Crippen molar-refractivity contribution in [2.45, 2.75) is 13.5 Å². The standard InChI is InChI=1S/C18H12ClFN4O3S/c1-10-15(16(19)24(22-10)12-6-4-11(20)5-7-12)18(25)26-9-14-21-17(27-23-14)13-3-2-8-28-13/h2-8H,9H2,1H3. The molecule has 0 saturated heterocycles. The van der Waals surface area contributed by atoms with Crippen LogP contribution < -0.4 is 0 Å². The van der Waals surface area contributed by atoms with Crippen molar-refractivity contribution in [3.63, 3.8) is 0 Å². The number of hydrogen-bond donors (Lipinski definition) is 0. The molecule has 4 aromatic rings. The summed E-state index contributed by atoms with van der Waals surface area (Å²) in [4.78, 5) is 17.5. The Morgan fingerprint density at radius 3 is 2.82 bits per heavy atom. The molecule has 3 heterocycles. The van der Waals surface area contributed by atoms with Gasteiger partial charge in [-0.1, -0.05) is 22.8 Å². The number of benzene rings is 1. The van der Waals surface area contributed by atoms with E-state index in [4.69, 9.17) is 20.9 Å². The predicted octanol–water partition coefficient (Wildman–Crippen LogP) is 4.44. The summed E-state index contributed by atoms with van der Waals surface area (Å²) < 4.78 is 24.9. The molecule has 3 aromatic heterocycles. The lowest BCUT2D eigenvalue weighted by molar-refractivity contribution is 0.0459. The molecule has 0 fully saturated rings. The molecule has 28 heavy (non-hydrogen) atoms. The molecule has 0 aliphatic heterocycles. The maximum atomic E-state index is 13.1. The molecular weight excluding hydrogens is 407 g/mol. The minimum Gasteiger partial charge on any atom is -0.454 e. The number of esters is 1. The lowest BCUT2D eigenvalue weighted by Gasteiger charge is -2.04. The van der Waals surface area contributed by atoms with Crippen LogP contribution in [0.5, 0.6) is 0 Å². The average Bonchev–Trinajstić information content (AvgIpc) is 3.41. The van der Waals surface area contributed by atoms with Gasteiger partial charge in [0.05, 0.1) is 16.3 Å². The van der Waals surface area contributed by atoms with Crippen molar-refractivity contribution in [3.05, 3.63) is 69.8 Å². The van der Waals surface area contributed by atoms with E-state index in [1.165, 1.54) is 40.3 Å². The highest BCUT2D eigenvalue weighted by atomic mass is 35.5. The SMILES string of the molecule is Cc1nn(-c2ccc(F)cc2)c(Cl)c1C(=O)OCc1noc(-c2cccs2)n1. The number of halogens is 2. The molecule has 0 saturated carbocycles. The fourth-order valence-electron chi connectivity index (χ4n) is 2.50. The van der Waals surface area contributed by atoms with Gasteiger partial charge in [-0.15, -0.1) is 11.3 Å². The van der Waals surface area contributed by atoms with Gasteiger partial charge in [0.25, 0.3) is 5.89 Å². The highest BCUT2D eigenvalue weighted by molar-refractivity contribution is 7.13. The first-order valence-corrected chi connectivity index (χ1v) is 9.33. The van der Waals surface area contributed by atoms with E-state index < -0.39 is 5.97 Å². The van der Waals surface area contributed by atoms with E-state index in [0.717, 1.165) is 4.88 Å². The van der Waals surface area contributed by atoms with Crippen molar-refractivity contribution in [2.24, 2.45) is 0 Å². The van der Waals surface area contributed by atoms with Crippen LogP contribution in [0.3, 0.4) is 0 Å². The normalized spacial score (nSPS) is 11.0. The first-order valence-electron chi connectivity index (χ1n) is 8.07. The van der Waals surface area contributed by atoms with E-state index >= 15 is 0 Å². The quantitative estimate of drug-likeness (QED) is 0.445.